The van der Waals surface area contributed by atoms with Crippen LogP contribution in [0.15, 0.2) is 18.6 Å². The zero-order valence-corrected chi connectivity index (χ0v) is 10.5. The topological polar surface area (TPSA) is 47.7 Å². The fourth-order valence-corrected chi connectivity index (χ4v) is 1.41. The van der Waals surface area contributed by atoms with E-state index < -0.39 is 0 Å². The van der Waals surface area contributed by atoms with Gasteiger partial charge in [-0.3, -0.25) is 4.68 Å². The van der Waals surface area contributed by atoms with Crippen molar-refractivity contribution >= 4 is 18.1 Å². The van der Waals surface area contributed by atoms with Crippen molar-refractivity contribution in [2.24, 2.45) is 7.05 Å². The Balaban J connectivity index is 0.00000144. The van der Waals surface area contributed by atoms with Gasteiger partial charge in [0, 0.05) is 31.9 Å². The summed E-state index contributed by atoms with van der Waals surface area (Å²) in [5.41, 5.74) is 1.43. The standard InChI is InChI=1S/C10H14FN5.ClH/c1-3-16-7-9(6-14-16)12-4-8-5-13-15(2)10(8)11;/h5-7,12H,3-4H2,1-2H3;1H. The molecule has 1 N–H and O–H groups in total. The fraction of sp³-hybridized carbons (Fsp3) is 0.400. The van der Waals surface area contributed by atoms with Gasteiger partial charge in [0.15, 0.2) is 0 Å². The van der Waals surface area contributed by atoms with E-state index in [0.717, 1.165) is 12.2 Å². The molecular formula is C10H15ClFN5. The van der Waals surface area contributed by atoms with E-state index in [1.54, 1.807) is 13.2 Å². The van der Waals surface area contributed by atoms with E-state index in [1.165, 1.54) is 10.9 Å². The summed E-state index contributed by atoms with van der Waals surface area (Å²) in [6.07, 6.45) is 5.12. The molecule has 0 aromatic carbocycles. The van der Waals surface area contributed by atoms with E-state index in [-0.39, 0.29) is 18.4 Å². The lowest BCUT2D eigenvalue weighted by atomic mass is 10.3. The summed E-state index contributed by atoms with van der Waals surface area (Å²) in [5, 5.41) is 11.0. The summed E-state index contributed by atoms with van der Waals surface area (Å²) in [4.78, 5) is 0. The first-order valence-corrected chi connectivity index (χ1v) is 5.13. The van der Waals surface area contributed by atoms with Crippen molar-refractivity contribution in [1.82, 2.24) is 19.6 Å². The van der Waals surface area contributed by atoms with Crippen LogP contribution in [0.25, 0.3) is 0 Å². The molecule has 0 spiro atoms. The Hall–Kier alpha value is -1.56. The highest BCUT2D eigenvalue weighted by molar-refractivity contribution is 5.85. The third-order valence-electron chi connectivity index (χ3n) is 2.38. The molecule has 0 aliphatic carbocycles. The van der Waals surface area contributed by atoms with Gasteiger partial charge < -0.3 is 5.32 Å². The Kier molecular flexibility index (Phi) is 4.51. The number of nitrogens with one attached hydrogen (secondary N) is 1. The van der Waals surface area contributed by atoms with Crippen LogP contribution in [0.1, 0.15) is 12.5 Å². The molecule has 7 heteroatoms. The van der Waals surface area contributed by atoms with Crippen molar-refractivity contribution in [3.8, 4) is 0 Å². The predicted molar refractivity (Wildman–Crippen MR) is 65.6 cm³/mol. The number of anilines is 1. The lowest BCUT2D eigenvalue weighted by Crippen LogP contribution is -2.01. The fourth-order valence-electron chi connectivity index (χ4n) is 1.41. The first-order chi connectivity index (χ1) is 7.70. The van der Waals surface area contributed by atoms with Crippen molar-refractivity contribution in [2.45, 2.75) is 20.0 Å². The predicted octanol–water partition coefficient (Wildman–Crippen LogP) is 1.81. The van der Waals surface area contributed by atoms with Crippen LogP contribution < -0.4 is 5.32 Å². The Labute approximate surface area is 105 Å². The number of hydrogen-bond acceptors (Lipinski definition) is 3. The number of nitrogens with zero attached hydrogens (tertiary/aromatic N) is 4. The van der Waals surface area contributed by atoms with Gasteiger partial charge in [0.25, 0.3) is 0 Å². The molecule has 17 heavy (non-hydrogen) atoms. The minimum absolute atomic E-state index is 0. The summed E-state index contributed by atoms with van der Waals surface area (Å²) in [6.45, 7) is 3.25. The zero-order chi connectivity index (χ0) is 11.5. The first-order valence-electron chi connectivity index (χ1n) is 5.13. The van der Waals surface area contributed by atoms with E-state index in [4.69, 9.17) is 0 Å². The molecule has 2 rings (SSSR count). The summed E-state index contributed by atoms with van der Waals surface area (Å²) in [5.74, 6) is -0.310. The van der Waals surface area contributed by atoms with E-state index >= 15 is 0 Å². The average Bonchev–Trinajstić information content (AvgIpc) is 2.86. The number of rotatable bonds is 4. The van der Waals surface area contributed by atoms with Crippen molar-refractivity contribution in [2.75, 3.05) is 5.32 Å². The second-order valence-corrected chi connectivity index (χ2v) is 3.52. The van der Waals surface area contributed by atoms with Gasteiger partial charge in [0.05, 0.1) is 18.1 Å². The van der Waals surface area contributed by atoms with Gasteiger partial charge >= 0.3 is 0 Å². The Morgan fingerprint density at radius 1 is 1.35 bits per heavy atom. The van der Waals surface area contributed by atoms with Crippen molar-refractivity contribution < 1.29 is 4.39 Å². The highest BCUT2D eigenvalue weighted by Gasteiger charge is 2.07. The van der Waals surface area contributed by atoms with Gasteiger partial charge in [0.1, 0.15) is 0 Å². The molecule has 0 radical (unpaired) electrons. The highest BCUT2D eigenvalue weighted by Crippen LogP contribution is 2.10. The molecule has 0 aliphatic rings. The molecule has 5 nitrogen and oxygen atoms in total. The highest BCUT2D eigenvalue weighted by atomic mass is 35.5. The van der Waals surface area contributed by atoms with Gasteiger partial charge in [-0.2, -0.15) is 14.6 Å². The van der Waals surface area contributed by atoms with Crippen LogP contribution in [0.3, 0.4) is 0 Å². The van der Waals surface area contributed by atoms with Crippen molar-refractivity contribution in [1.29, 1.82) is 0 Å². The van der Waals surface area contributed by atoms with Crippen LogP contribution in [0.5, 0.6) is 0 Å². The average molecular weight is 260 g/mol. The van der Waals surface area contributed by atoms with Crippen LogP contribution >= 0.6 is 12.4 Å². The summed E-state index contributed by atoms with van der Waals surface area (Å²) in [7, 11) is 1.58. The second kappa shape index (κ2) is 5.67. The number of halogens is 2. The third-order valence-corrected chi connectivity index (χ3v) is 2.38. The molecule has 0 bridgehead atoms. The van der Waals surface area contributed by atoms with E-state index in [2.05, 4.69) is 15.5 Å². The number of aryl methyl sites for hydroxylation is 2. The maximum atomic E-state index is 13.4. The molecule has 0 atom stereocenters. The third kappa shape index (κ3) is 2.97. The molecular weight excluding hydrogens is 245 g/mol. The second-order valence-electron chi connectivity index (χ2n) is 3.52. The monoisotopic (exact) mass is 259 g/mol. The Bertz CT molecular complexity index is 479. The minimum Gasteiger partial charge on any atom is -0.378 e. The lowest BCUT2D eigenvalue weighted by molar-refractivity contribution is 0.496. The van der Waals surface area contributed by atoms with Gasteiger partial charge in [-0.15, -0.1) is 12.4 Å². The molecule has 0 saturated carbocycles. The van der Waals surface area contributed by atoms with Gasteiger partial charge in [-0.25, -0.2) is 4.68 Å². The first kappa shape index (κ1) is 13.5. The Morgan fingerprint density at radius 3 is 2.65 bits per heavy atom. The van der Waals surface area contributed by atoms with Crippen LogP contribution in [0.2, 0.25) is 0 Å². The van der Waals surface area contributed by atoms with Crippen molar-refractivity contribution in [3.63, 3.8) is 0 Å². The molecule has 0 saturated heterocycles. The lowest BCUT2D eigenvalue weighted by Gasteiger charge is -2.00. The van der Waals surface area contributed by atoms with Crippen LogP contribution in [0.4, 0.5) is 10.1 Å². The maximum absolute atomic E-state index is 13.4. The molecule has 0 amide bonds. The summed E-state index contributed by atoms with van der Waals surface area (Å²) < 4.78 is 16.4. The molecule has 94 valence electrons. The van der Waals surface area contributed by atoms with Crippen molar-refractivity contribution in [3.05, 3.63) is 30.1 Å². The summed E-state index contributed by atoms with van der Waals surface area (Å²) in [6, 6.07) is 0. The smallest absolute Gasteiger partial charge is 0.216 e. The molecule has 2 aromatic rings. The number of hydrogen-bond donors (Lipinski definition) is 1. The SMILES string of the molecule is CCn1cc(NCc2cnn(C)c2F)cn1.Cl. The number of aromatic nitrogens is 4. The minimum atomic E-state index is -0.310. The summed E-state index contributed by atoms with van der Waals surface area (Å²) >= 11 is 0. The van der Waals surface area contributed by atoms with Gasteiger partial charge in [0.2, 0.25) is 5.95 Å². The molecule has 0 aliphatic heterocycles. The zero-order valence-electron chi connectivity index (χ0n) is 9.72. The molecule has 2 heterocycles. The molecule has 0 unspecified atom stereocenters. The normalized spacial score (nSPS) is 10.1. The quantitative estimate of drug-likeness (QED) is 0.911. The van der Waals surface area contributed by atoms with E-state index in [0.29, 0.717) is 12.1 Å². The molecule has 0 fully saturated rings. The van der Waals surface area contributed by atoms with E-state index in [9.17, 15) is 4.39 Å². The van der Waals surface area contributed by atoms with E-state index in [1.807, 2.05) is 17.8 Å². The van der Waals surface area contributed by atoms with Crippen LogP contribution in [-0.2, 0) is 20.1 Å². The largest absolute Gasteiger partial charge is 0.378 e. The van der Waals surface area contributed by atoms with Crippen LogP contribution in [-0.4, -0.2) is 19.6 Å². The Morgan fingerprint density at radius 2 is 2.12 bits per heavy atom. The van der Waals surface area contributed by atoms with Gasteiger partial charge in [-0.1, -0.05) is 0 Å². The van der Waals surface area contributed by atoms with Crippen LogP contribution in [0, 0.1) is 5.95 Å². The maximum Gasteiger partial charge on any atom is 0.216 e. The van der Waals surface area contributed by atoms with Gasteiger partial charge in [-0.05, 0) is 6.92 Å². The molecule has 2 aromatic heterocycles.